The fraction of sp³-hybridized carbons (Fsp3) is 0.611. The lowest BCUT2D eigenvalue weighted by atomic mass is 9.90. The first-order chi connectivity index (χ1) is 13.0. The predicted molar refractivity (Wildman–Crippen MR) is 104 cm³/mol. The Morgan fingerprint density at radius 3 is 2.85 bits per heavy atom. The Hall–Kier alpha value is -1.48. The van der Waals surface area contributed by atoms with Gasteiger partial charge in [-0.25, -0.2) is 4.98 Å². The number of rotatable bonds is 4. The van der Waals surface area contributed by atoms with Crippen molar-refractivity contribution in [1.29, 1.82) is 0 Å². The van der Waals surface area contributed by atoms with Gasteiger partial charge in [0, 0.05) is 25.0 Å². The molecule has 0 atom stereocenters. The number of nitrogens with zero attached hydrogens (tertiary/aromatic N) is 4. The summed E-state index contributed by atoms with van der Waals surface area (Å²) in [6.07, 6.45) is 2.24. The first kappa shape index (κ1) is 18.9. The summed E-state index contributed by atoms with van der Waals surface area (Å²) in [6.45, 7) is 6.18. The normalized spacial score (nSPS) is 21.0. The number of aryl methyl sites for hydroxylation is 1. The van der Waals surface area contributed by atoms with E-state index in [2.05, 4.69) is 20.1 Å². The molecule has 2 aromatic rings. The van der Waals surface area contributed by atoms with Gasteiger partial charge in [-0.3, -0.25) is 14.8 Å². The van der Waals surface area contributed by atoms with Gasteiger partial charge < -0.3 is 9.64 Å². The molecular formula is C18H24ClN5O2S. The zero-order valence-corrected chi connectivity index (χ0v) is 17.0. The number of amides is 1. The van der Waals surface area contributed by atoms with Gasteiger partial charge in [0.1, 0.15) is 0 Å². The third-order valence-corrected chi connectivity index (χ3v) is 6.61. The second kappa shape index (κ2) is 7.87. The third kappa shape index (κ3) is 4.18. The molecular weight excluding hydrogens is 386 g/mol. The van der Waals surface area contributed by atoms with Gasteiger partial charge in [-0.1, -0.05) is 11.6 Å². The summed E-state index contributed by atoms with van der Waals surface area (Å²) in [4.78, 5) is 21.1. The average Bonchev–Trinajstić information content (AvgIpc) is 3.24. The highest BCUT2D eigenvalue weighted by atomic mass is 35.5. The molecule has 1 N–H and O–H groups in total. The fourth-order valence-corrected chi connectivity index (χ4v) is 4.55. The lowest BCUT2D eigenvalue weighted by Gasteiger charge is -2.42. The van der Waals surface area contributed by atoms with Gasteiger partial charge in [-0.05, 0) is 19.8 Å². The Bertz CT molecular complexity index is 786. The van der Waals surface area contributed by atoms with Gasteiger partial charge in [-0.2, -0.15) is 5.10 Å². The van der Waals surface area contributed by atoms with Crippen molar-refractivity contribution in [3.05, 3.63) is 33.0 Å². The van der Waals surface area contributed by atoms with Crippen molar-refractivity contribution in [2.45, 2.75) is 44.9 Å². The molecule has 2 aromatic heterocycles. The summed E-state index contributed by atoms with van der Waals surface area (Å²) < 4.78 is 6.22. The van der Waals surface area contributed by atoms with Crippen LogP contribution in [0.2, 0.25) is 5.02 Å². The van der Waals surface area contributed by atoms with Crippen molar-refractivity contribution >= 4 is 28.8 Å². The van der Waals surface area contributed by atoms with Crippen LogP contribution in [0.15, 0.2) is 10.9 Å². The molecule has 4 rings (SSSR count). The summed E-state index contributed by atoms with van der Waals surface area (Å²) in [5.74, 6) is 0.154. The van der Waals surface area contributed by atoms with E-state index in [4.69, 9.17) is 16.3 Å². The van der Waals surface area contributed by atoms with Crippen molar-refractivity contribution < 1.29 is 9.53 Å². The largest absolute Gasteiger partial charge is 0.373 e. The summed E-state index contributed by atoms with van der Waals surface area (Å²) in [5, 5.41) is 9.97. The molecule has 4 heterocycles. The SMILES string of the molecule is Cc1[nH]nc(CN2CCC3(CC2)CN(Cc2cscn2)C(=O)CCO3)c1Cl. The maximum absolute atomic E-state index is 12.5. The number of aromatic amines is 1. The van der Waals surface area contributed by atoms with Gasteiger partial charge in [0.25, 0.3) is 0 Å². The smallest absolute Gasteiger partial charge is 0.225 e. The van der Waals surface area contributed by atoms with Crippen molar-refractivity contribution in [3.8, 4) is 0 Å². The van der Waals surface area contributed by atoms with Crippen LogP contribution in [-0.4, -0.2) is 62.7 Å². The number of nitrogens with one attached hydrogen (secondary N) is 1. The van der Waals surface area contributed by atoms with Crippen LogP contribution in [-0.2, 0) is 22.6 Å². The lowest BCUT2D eigenvalue weighted by molar-refractivity contribution is -0.132. The van der Waals surface area contributed by atoms with Crippen LogP contribution in [0.5, 0.6) is 0 Å². The van der Waals surface area contributed by atoms with Crippen LogP contribution >= 0.6 is 22.9 Å². The third-order valence-electron chi connectivity index (χ3n) is 5.47. The molecule has 27 heavy (non-hydrogen) atoms. The number of likely N-dealkylation sites (tertiary alicyclic amines) is 1. The van der Waals surface area contributed by atoms with Gasteiger partial charge in [0.05, 0.1) is 59.3 Å². The number of carbonyl (C=O) groups excluding carboxylic acids is 1. The lowest BCUT2D eigenvalue weighted by Crippen LogP contribution is -2.51. The van der Waals surface area contributed by atoms with E-state index in [1.54, 1.807) is 11.3 Å². The van der Waals surface area contributed by atoms with E-state index >= 15 is 0 Å². The molecule has 0 aromatic carbocycles. The molecule has 0 bridgehead atoms. The van der Waals surface area contributed by atoms with Crippen LogP contribution < -0.4 is 0 Å². The Kier molecular flexibility index (Phi) is 5.50. The molecule has 146 valence electrons. The number of hydrogen-bond acceptors (Lipinski definition) is 6. The molecule has 9 heteroatoms. The number of thiazole rings is 1. The second-order valence-electron chi connectivity index (χ2n) is 7.40. The van der Waals surface area contributed by atoms with Crippen LogP contribution in [0, 0.1) is 6.92 Å². The van der Waals surface area contributed by atoms with E-state index in [0.29, 0.717) is 26.1 Å². The van der Waals surface area contributed by atoms with Crippen LogP contribution in [0.25, 0.3) is 0 Å². The summed E-state index contributed by atoms with van der Waals surface area (Å²) >= 11 is 7.86. The maximum Gasteiger partial charge on any atom is 0.225 e. The first-order valence-corrected chi connectivity index (χ1v) is 10.6. The number of H-pyrrole nitrogens is 1. The van der Waals surface area contributed by atoms with E-state index in [-0.39, 0.29) is 11.5 Å². The molecule has 2 fully saturated rings. The number of piperidine rings is 1. The van der Waals surface area contributed by atoms with Crippen LogP contribution in [0.1, 0.15) is 36.3 Å². The summed E-state index contributed by atoms with van der Waals surface area (Å²) in [6, 6.07) is 0. The van der Waals surface area contributed by atoms with Crippen molar-refractivity contribution in [1.82, 2.24) is 25.0 Å². The molecule has 2 aliphatic heterocycles. The minimum atomic E-state index is -0.260. The fourth-order valence-electron chi connectivity index (χ4n) is 3.85. The summed E-state index contributed by atoms with van der Waals surface area (Å²) in [7, 11) is 0. The number of hydrogen-bond donors (Lipinski definition) is 1. The Balaban J connectivity index is 1.39. The minimum Gasteiger partial charge on any atom is -0.373 e. The molecule has 0 unspecified atom stereocenters. The maximum atomic E-state index is 12.5. The Morgan fingerprint density at radius 1 is 1.37 bits per heavy atom. The molecule has 7 nitrogen and oxygen atoms in total. The quantitative estimate of drug-likeness (QED) is 0.840. The number of halogens is 1. The van der Waals surface area contributed by atoms with Gasteiger partial charge in [0.2, 0.25) is 5.91 Å². The zero-order chi connectivity index (χ0) is 18.9. The average molecular weight is 410 g/mol. The molecule has 1 spiro atoms. The van der Waals surface area contributed by atoms with E-state index in [1.807, 2.05) is 22.7 Å². The van der Waals surface area contributed by atoms with Gasteiger partial charge >= 0.3 is 0 Å². The minimum absolute atomic E-state index is 0.154. The molecule has 0 radical (unpaired) electrons. The van der Waals surface area contributed by atoms with Crippen LogP contribution in [0.3, 0.4) is 0 Å². The van der Waals surface area contributed by atoms with Gasteiger partial charge in [-0.15, -0.1) is 11.3 Å². The van der Waals surface area contributed by atoms with E-state index < -0.39 is 0 Å². The predicted octanol–water partition coefficient (Wildman–Crippen LogP) is 2.61. The standard InChI is InChI=1S/C18H24ClN5O2S/c1-13-17(19)15(22-21-13)9-23-5-3-18(4-6-23)11-24(16(25)2-7-26-18)8-14-10-27-12-20-14/h10,12H,2-9,11H2,1H3,(H,21,22). The van der Waals surface area contributed by atoms with E-state index in [1.165, 1.54) is 0 Å². The highest BCUT2D eigenvalue weighted by Gasteiger charge is 2.40. The number of ether oxygens (including phenoxy) is 1. The first-order valence-electron chi connectivity index (χ1n) is 9.25. The van der Waals surface area contributed by atoms with E-state index in [0.717, 1.165) is 54.6 Å². The molecule has 2 saturated heterocycles. The number of carbonyl (C=O) groups is 1. The molecule has 1 amide bonds. The zero-order valence-electron chi connectivity index (χ0n) is 15.4. The molecule has 0 saturated carbocycles. The molecule has 2 aliphatic rings. The highest BCUT2D eigenvalue weighted by molar-refractivity contribution is 7.07. The van der Waals surface area contributed by atoms with Crippen molar-refractivity contribution in [2.24, 2.45) is 0 Å². The Morgan fingerprint density at radius 2 is 2.19 bits per heavy atom. The van der Waals surface area contributed by atoms with Gasteiger partial charge in [0.15, 0.2) is 0 Å². The van der Waals surface area contributed by atoms with Crippen molar-refractivity contribution in [2.75, 3.05) is 26.2 Å². The monoisotopic (exact) mass is 409 g/mol. The van der Waals surface area contributed by atoms with Crippen LogP contribution in [0.4, 0.5) is 0 Å². The van der Waals surface area contributed by atoms with Crippen molar-refractivity contribution in [3.63, 3.8) is 0 Å². The van der Waals surface area contributed by atoms with E-state index in [9.17, 15) is 4.79 Å². The Labute approximate surface area is 167 Å². The molecule has 0 aliphatic carbocycles. The topological polar surface area (TPSA) is 74.4 Å². The number of aromatic nitrogens is 3. The summed E-state index contributed by atoms with van der Waals surface area (Å²) in [5.41, 5.74) is 4.30. The second-order valence-corrected chi connectivity index (χ2v) is 8.49. The highest BCUT2D eigenvalue weighted by Crippen LogP contribution is 2.32.